The number of halogens is 2. The van der Waals surface area contributed by atoms with Crippen LogP contribution in [-0.4, -0.2) is 28.0 Å². The van der Waals surface area contributed by atoms with E-state index in [1.54, 1.807) is 0 Å². The molecule has 3 nitrogen and oxygen atoms in total. The minimum absolute atomic E-state index is 0. The third-order valence-corrected chi connectivity index (χ3v) is 0. The zero-order chi connectivity index (χ0) is 3.58. The molecule has 0 unspecified atom stereocenters. The maximum atomic E-state index is 7.31. The van der Waals surface area contributed by atoms with Gasteiger partial charge in [0.2, 0.25) is 0 Å². The Hall–Kier alpha value is 1.02. The quantitative estimate of drug-likeness (QED) is 0.429. The van der Waals surface area contributed by atoms with Crippen molar-refractivity contribution in [3.8, 4) is 0 Å². The van der Waals surface area contributed by atoms with Crippen molar-refractivity contribution in [2.24, 2.45) is 0 Å². The van der Waals surface area contributed by atoms with Gasteiger partial charge in [-0.25, -0.2) is 0 Å². The van der Waals surface area contributed by atoms with Gasteiger partial charge in [-0.05, 0) is 0 Å². The van der Waals surface area contributed by atoms with E-state index >= 15 is 0 Å². The monoisotopic (exact) mass is 198 g/mol. The van der Waals surface area contributed by atoms with Crippen LogP contribution in [0.15, 0.2) is 0 Å². The molecule has 0 aromatic carbocycles. The molecule has 0 aliphatic rings. The average Bonchev–Trinajstić information content (AvgIpc) is 0.811. The molecule has 3 N–H and O–H groups in total. The standard InChI is InChI=1S/AsH3O3.2ClH/c2-1(3)4;;/h2-4H;2*1H. The van der Waals surface area contributed by atoms with Gasteiger partial charge in [0.15, 0.2) is 0 Å². The van der Waals surface area contributed by atoms with Crippen LogP contribution < -0.4 is 0 Å². The van der Waals surface area contributed by atoms with Crippen molar-refractivity contribution in [2.45, 2.75) is 0 Å². The van der Waals surface area contributed by atoms with E-state index in [1.165, 1.54) is 0 Å². The molecular formula is H5AsCl2O3. The predicted molar refractivity (Wildman–Crippen MR) is 26.9 cm³/mol. The summed E-state index contributed by atoms with van der Waals surface area (Å²) in [6.45, 7) is 0. The van der Waals surface area contributed by atoms with Crippen molar-refractivity contribution in [1.29, 1.82) is 0 Å². The van der Waals surface area contributed by atoms with Gasteiger partial charge in [-0.1, -0.05) is 0 Å². The molecule has 0 rings (SSSR count). The Balaban J connectivity index is -0.0000000450. The zero-order valence-corrected chi connectivity index (χ0v) is 6.11. The van der Waals surface area contributed by atoms with Gasteiger partial charge in [-0.15, -0.1) is 24.8 Å². The van der Waals surface area contributed by atoms with Crippen molar-refractivity contribution < 1.29 is 12.3 Å². The first-order valence-electron chi connectivity index (χ1n) is 0.600. The predicted octanol–water partition coefficient (Wildman–Crippen LogP) is -1.21. The summed E-state index contributed by atoms with van der Waals surface area (Å²) in [5, 5.41) is 0. The van der Waals surface area contributed by atoms with E-state index in [2.05, 4.69) is 0 Å². The summed E-state index contributed by atoms with van der Waals surface area (Å²) in [6.07, 6.45) is 0. The summed E-state index contributed by atoms with van der Waals surface area (Å²) in [7, 11) is 0. The molecule has 0 spiro atoms. The summed E-state index contributed by atoms with van der Waals surface area (Å²) in [5.41, 5.74) is 0. The van der Waals surface area contributed by atoms with E-state index in [0.29, 0.717) is 0 Å². The van der Waals surface area contributed by atoms with Crippen molar-refractivity contribution in [3.05, 3.63) is 0 Å². The Labute approximate surface area is 53.1 Å². The summed E-state index contributed by atoms with van der Waals surface area (Å²) in [6, 6.07) is 0. The van der Waals surface area contributed by atoms with E-state index in [4.69, 9.17) is 12.3 Å². The van der Waals surface area contributed by atoms with E-state index in [9.17, 15) is 0 Å². The minimum atomic E-state index is -3.19. The Bertz CT molecular complexity index is 13.5. The van der Waals surface area contributed by atoms with Crippen LogP contribution in [0.3, 0.4) is 0 Å². The molecular weight excluding hydrogens is 194 g/mol. The van der Waals surface area contributed by atoms with Crippen molar-refractivity contribution in [1.82, 2.24) is 0 Å². The molecule has 0 aromatic heterocycles. The van der Waals surface area contributed by atoms with E-state index in [1.807, 2.05) is 0 Å². The van der Waals surface area contributed by atoms with E-state index < -0.39 is 15.7 Å². The third kappa shape index (κ3) is 78.1. The molecule has 0 radical (unpaired) electrons. The van der Waals surface area contributed by atoms with Crippen LogP contribution in [0.5, 0.6) is 0 Å². The average molecular weight is 199 g/mol. The van der Waals surface area contributed by atoms with Gasteiger partial charge in [-0.2, -0.15) is 0 Å². The van der Waals surface area contributed by atoms with Gasteiger partial charge in [0.25, 0.3) is 0 Å². The van der Waals surface area contributed by atoms with Gasteiger partial charge in [0, 0.05) is 0 Å². The second-order valence-corrected chi connectivity index (χ2v) is 1.39. The maximum absolute atomic E-state index is 7.31. The first kappa shape index (κ1) is 15.7. The Morgan fingerprint density at radius 2 is 0.833 bits per heavy atom. The zero-order valence-electron chi connectivity index (χ0n) is 2.61. The molecule has 6 heteroatoms. The fourth-order valence-corrected chi connectivity index (χ4v) is 0. The Morgan fingerprint density at radius 3 is 0.833 bits per heavy atom. The second kappa shape index (κ2) is 9.39. The van der Waals surface area contributed by atoms with Crippen molar-refractivity contribution in [3.63, 3.8) is 0 Å². The van der Waals surface area contributed by atoms with Crippen LogP contribution in [0.25, 0.3) is 0 Å². The number of hydrogen-bond acceptors (Lipinski definition) is 3. The van der Waals surface area contributed by atoms with Crippen LogP contribution in [0.4, 0.5) is 0 Å². The molecule has 0 fully saturated rings. The van der Waals surface area contributed by atoms with Gasteiger partial charge in [-0.3, -0.25) is 0 Å². The van der Waals surface area contributed by atoms with Crippen LogP contribution in [-0.2, 0) is 0 Å². The van der Waals surface area contributed by atoms with Crippen molar-refractivity contribution >= 4 is 40.5 Å². The normalized spacial score (nSPS) is 6.00. The van der Waals surface area contributed by atoms with Gasteiger partial charge < -0.3 is 0 Å². The molecule has 0 saturated heterocycles. The number of hydrogen-bond donors (Lipinski definition) is 3. The van der Waals surface area contributed by atoms with Gasteiger partial charge in [0.05, 0.1) is 0 Å². The Morgan fingerprint density at radius 1 is 0.833 bits per heavy atom. The molecule has 0 saturated carbocycles. The van der Waals surface area contributed by atoms with Crippen molar-refractivity contribution in [2.75, 3.05) is 0 Å². The van der Waals surface area contributed by atoms with Gasteiger partial charge >= 0.3 is 28.0 Å². The van der Waals surface area contributed by atoms with E-state index in [-0.39, 0.29) is 24.8 Å². The first-order chi connectivity index (χ1) is 1.73. The molecule has 0 aliphatic heterocycles. The molecule has 6 heavy (non-hydrogen) atoms. The molecule has 0 aromatic rings. The van der Waals surface area contributed by atoms with Crippen LogP contribution in [0, 0.1) is 0 Å². The molecule has 0 bridgehead atoms. The second-order valence-electron chi connectivity index (χ2n) is 0.268. The molecule has 0 heterocycles. The summed E-state index contributed by atoms with van der Waals surface area (Å²) < 4.78 is 21.9. The molecule has 0 atom stereocenters. The fourth-order valence-electron chi connectivity index (χ4n) is 0. The first-order valence-corrected chi connectivity index (χ1v) is 3.12. The number of rotatable bonds is 0. The molecule has 0 amide bonds. The Kier molecular flexibility index (Phi) is 24.6. The SMILES string of the molecule is Cl.Cl.O[As](O)O. The third-order valence-electron chi connectivity index (χ3n) is 0. The topological polar surface area (TPSA) is 60.7 Å². The van der Waals surface area contributed by atoms with Gasteiger partial charge in [0.1, 0.15) is 0 Å². The summed E-state index contributed by atoms with van der Waals surface area (Å²) >= 11 is -3.19. The summed E-state index contributed by atoms with van der Waals surface area (Å²) in [4.78, 5) is 0. The summed E-state index contributed by atoms with van der Waals surface area (Å²) in [5.74, 6) is 0. The van der Waals surface area contributed by atoms with Crippen LogP contribution in [0.1, 0.15) is 0 Å². The van der Waals surface area contributed by atoms with Crippen LogP contribution in [0.2, 0.25) is 0 Å². The fraction of sp³-hybridized carbons (Fsp3) is 0. The van der Waals surface area contributed by atoms with E-state index in [0.717, 1.165) is 0 Å². The molecule has 42 valence electrons. The van der Waals surface area contributed by atoms with Crippen LogP contribution >= 0.6 is 24.8 Å². The molecule has 0 aliphatic carbocycles.